The quantitative estimate of drug-likeness (QED) is 0.876. The van der Waals surface area contributed by atoms with Crippen molar-refractivity contribution >= 4 is 11.6 Å². The second kappa shape index (κ2) is 5.63. The van der Waals surface area contributed by atoms with Gasteiger partial charge in [-0.25, -0.2) is 0 Å². The van der Waals surface area contributed by atoms with Crippen molar-refractivity contribution < 1.29 is 5.11 Å². The normalized spacial score (nSPS) is 23.0. The van der Waals surface area contributed by atoms with Crippen LogP contribution in [0.3, 0.4) is 0 Å². The maximum atomic E-state index is 11.0. The van der Waals surface area contributed by atoms with Gasteiger partial charge in [-0.15, -0.1) is 0 Å². The molecule has 1 atom stereocenters. The Labute approximate surface area is 132 Å². The number of hydrogen-bond donors (Lipinski definition) is 1. The van der Waals surface area contributed by atoms with Crippen LogP contribution in [0.1, 0.15) is 52.0 Å². The number of benzene rings is 1. The summed E-state index contributed by atoms with van der Waals surface area (Å²) in [7, 11) is 0. The Bertz CT molecular complexity index is 529. The lowest BCUT2D eigenvalue weighted by atomic mass is 9.58. The van der Waals surface area contributed by atoms with Gasteiger partial charge >= 0.3 is 0 Å². The van der Waals surface area contributed by atoms with E-state index in [1.807, 2.05) is 31.2 Å². The van der Waals surface area contributed by atoms with Gasteiger partial charge in [0, 0.05) is 11.4 Å². The molecule has 0 radical (unpaired) electrons. The number of hydrogen-bond acceptors (Lipinski definition) is 2. The third-order valence-electron chi connectivity index (χ3n) is 5.16. The van der Waals surface area contributed by atoms with Gasteiger partial charge in [0.2, 0.25) is 0 Å². The lowest BCUT2D eigenvalue weighted by Crippen LogP contribution is -2.49. The van der Waals surface area contributed by atoms with Crippen molar-refractivity contribution in [3.8, 4) is 6.07 Å². The summed E-state index contributed by atoms with van der Waals surface area (Å²) in [6.07, 6.45) is 3.97. The van der Waals surface area contributed by atoms with Crippen LogP contribution in [0.5, 0.6) is 0 Å². The molecule has 1 aromatic carbocycles. The van der Waals surface area contributed by atoms with Gasteiger partial charge in [-0.3, -0.25) is 0 Å². The molecule has 0 saturated heterocycles. The molecule has 1 N–H and O–H groups in total. The monoisotopic (exact) mass is 305 g/mol. The van der Waals surface area contributed by atoms with Crippen LogP contribution < -0.4 is 0 Å². The average molecular weight is 306 g/mol. The standard InChI is InChI=1S/C18H24ClNO/c1-16(2)8-10-18(13-20,11-9-16)17(3,21)12-14-4-6-15(19)7-5-14/h4-7,21H,8-12H2,1-3H3. The van der Waals surface area contributed by atoms with E-state index in [1.165, 1.54) is 0 Å². The number of nitriles is 1. The Kier molecular flexibility index (Phi) is 4.38. The van der Waals surface area contributed by atoms with Crippen LogP contribution in [-0.4, -0.2) is 10.7 Å². The van der Waals surface area contributed by atoms with Gasteiger partial charge in [-0.1, -0.05) is 37.6 Å². The SMILES string of the molecule is CC1(C)CCC(C#N)(C(C)(O)Cc2ccc(Cl)cc2)CC1. The Morgan fingerprint density at radius 3 is 2.19 bits per heavy atom. The molecule has 1 saturated carbocycles. The largest absolute Gasteiger partial charge is 0.388 e. The molecule has 0 bridgehead atoms. The average Bonchev–Trinajstić information content (AvgIpc) is 2.41. The third-order valence-corrected chi connectivity index (χ3v) is 5.42. The van der Waals surface area contributed by atoms with E-state index in [-0.39, 0.29) is 5.41 Å². The van der Waals surface area contributed by atoms with Crippen molar-refractivity contribution in [2.45, 2.75) is 58.5 Å². The van der Waals surface area contributed by atoms with E-state index in [2.05, 4.69) is 19.9 Å². The van der Waals surface area contributed by atoms with E-state index in [4.69, 9.17) is 11.6 Å². The van der Waals surface area contributed by atoms with Gasteiger partial charge < -0.3 is 5.11 Å². The molecule has 0 aliphatic heterocycles. The lowest BCUT2D eigenvalue weighted by Gasteiger charge is -2.47. The Morgan fingerprint density at radius 1 is 1.19 bits per heavy atom. The van der Waals surface area contributed by atoms with Gasteiger partial charge in [0.1, 0.15) is 0 Å². The van der Waals surface area contributed by atoms with Crippen molar-refractivity contribution in [3.05, 3.63) is 34.9 Å². The van der Waals surface area contributed by atoms with Crippen molar-refractivity contribution in [2.24, 2.45) is 10.8 Å². The molecule has 0 spiro atoms. The van der Waals surface area contributed by atoms with E-state index in [0.717, 1.165) is 31.2 Å². The summed E-state index contributed by atoms with van der Waals surface area (Å²) in [5.41, 5.74) is -0.380. The summed E-state index contributed by atoms with van der Waals surface area (Å²) in [5, 5.41) is 21.5. The Balaban J connectivity index is 2.20. The molecule has 2 rings (SSSR count). The topological polar surface area (TPSA) is 44.0 Å². The van der Waals surface area contributed by atoms with E-state index in [0.29, 0.717) is 11.4 Å². The highest BCUT2D eigenvalue weighted by molar-refractivity contribution is 6.30. The molecule has 1 aliphatic carbocycles. The van der Waals surface area contributed by atoms with E-state index in [9.17, 15) is 10.4 Å². The van der Waals surface area contributed by atoms with Crippen LogP contribution >= 0.6 is 11.6 Å². The van der Waals surface area contributed by atoms with Crippen LogP contribution in [0.15, 0.2) is 24.3 Å². The fraction of sp³-hybridized carbons (Fsp3) is 0.611. The molecule has 3 heteroatoms. The smallest absolute Gasteiger partial charge is 0.0861 e. The number of aliphatic hydroxyl groups is 1. The molecule has 2 nitrogen and oxygen atoms in total. The third kappa shape index (κ3) is 3.42. The molecule has 1 fully saturated rings. The summed E-state index contributed by atoms with van der Waals surface area (Å²) < 4.78 is 0. The van der Waals surface area contributed by atoms with E-state index < -0.39 is 11.0 Å². The van der Waals surface area contributed by atoms with Crippen molar-refractivity contribution in [2.75, 3.05) is 0 Å². The molecular formula is C18H24ClNO. The van der Waals surface area contributed by atoms with Crippen LogP contribution in [0, 0.1) is 22.2 Å². The fourth-order valence-corrected chi connectivity index (χ4v) is 3.42. The first-order chi connectivity index (χ1) is 9.70. The first-order valence-electron chi connectivity index (χ1n) is 7.58. The second-order valence-electron chi connectivity index (χ2n) is 7.44. The molecule has 114 valence electrons. The van der Waals surface area contributed by atoms with Gasteiger partial charge in [0.15, 0.2) is 0 Å². The van der Waals surface area contributed by atoms with Crippen LogP contribution in [0.4, 0.5) is 0 Å². The molecule has 1 unspecified atom stereocenters. The summed E-state index contributed by atoms with van der Waals surface area (Å²) in [6.45, 7) is 6.29. The predicted octanol–water partition coefficient (Wildman–Crippen LogP) is 4.74. The fourth-order valence-electron chi connectivity index (χ4n) is 3.29. The van der Waals surface area contributed by atoms with Gasteiger partial charge in [0.05, 0.1) is 17.1 Å². The molecule has 1 aliphatic rings. The second-order valence-corrected chi connectivity index (χ2v) is 7.87. The Morgan fingerprint density at radius 2 is 1.71 bits per heavy atom. The maximum Gasteiger partial charge on any atom is 0.0861 e. The molecule has 0 amide bonds. The van der Waals surface area contributed by atoms with Gasteiger partial charge in [-0.2, -0.15) is 5.26 Å². The van der Waals surface area contributed by atoms with Crippen LogP contribution in [0.25, 0.3) is 0 Å². The first-order valence-corrected chi connectivity index (χ1v) is 7.96. The lowest BCUT2D eigenvalue weighted by molar-refractivity contribution is -0.0709. The number of halogens is 1. The zero-order valence-electron chi connectivity index (χ0n) is 13.1. The molecule has 0 aromatic heterocycles. The summed E-state index contributed by atoms with van der Waals surface area (Å²) in [6, 6.07) is 9.96. The number of rotatable bonds is 3. The van der Waals surface area contributed by atoms with Crippen LogP contribution in [-0.2, 0) is 6.42 Å². The minimum Gasteiger partial charge on any atom is -0.388 e. The maximum absolute atomic E-state index is 11.0. The highest BCUT2D eigenvalue weighted by Crippen LogP contribution is 2.51. The highest BCUT2D eigenvalue weighted by atomic mass is 35.5. The summed E-state index contributed by atoms with van der Waals surface area (Å²) in [4.78, 5) is 0. The Hall–Kier alpha value is -1.04. The molecule has 1 aromatic rings. The van der Waals surface area contributed by atoms with Crippen LogP contribution in [0.2, 0.25) is 5.02 Å². The van der Waals surface area contributed by atoms with Gasteiger partial charge in [-0.05, 0) is 55.7 Å². The van der Waals surface area contributed by atoms with Crippen molar-refractivity contribution in [1.29, 1.82) is 5.26 Å². The zero-order chi connectivity index (χ0) is 15.7. The first kappa shape index (κ1) is 16.3. The summed E-state index contributed by atoms with van der Waals surface area (Å²) >= 11 is 5.90. The highest BCUT2D eigenvalue weighted by Gasteiger charge is 2.50. The van der Waals surface area contributed by atoms with Crippen molar-refractivity contribution in [1.82, 2.24) is 0 Å². The minimum absolute atomic E-state index is 0.275. The van der Waals surface area contributed by atoms with E-state index >= 15 is 0 Å². The summed E-state index contributed by atoms with van der Waals surface area (Å²) in [5.74, 6) is 0. The van der Waals surface area contributed by atoms with Gasteiger partial charge in [0.25, 0.3) is 0 Å². The van der Waals surface area contributed by atoms with Crippen molar-refractivity contribution in [3.63, 3.8) is 0 Å². The molecule has 0 heterocycles. The molecular weight excluding hydrogens is 282 g/mol. The number of nitrogens with zero attached hydrogens (tertiary/aromatic N) is 1. The predicted molar refractivity (Wildman–Crippen MR) is 86.1 cm³/mol. The van der Waals surface area contributed by atoms with E-state index in [1.54, 1.807) is 0 Å². The minimum atomic E-state index is -1.02. The molecule has 21 heavy (non-hydrogen) atoms. The zero-order valence-corrected chi connectivity index (χ0v) is 13.9.